The number of aromatic amines is 2. The highest BCUT2D eigenvalue weighted by Gasteiger charge is 2.22. The van der Waals surface area contributed by atoms with Crippen LogP contribution < -0.4 is 16.4 Å². The largest absolute Gasteiger partial charge is 0.342 e. The Morgan fingerprint density at radius 3 is 2.70 bits per heavy atom. The molecule has 0 aliphatic heterocycles. The molecule has 4 aromatic rings. The second-order valence-electron chi connectivity index (χ2n) is 7.67. The minimum Gasteiger partial charge on any atom is -0.342 e. The molecule has 0 unspecified atom stereocenters. The summed E-state index contributed by atoms with van der Waals surface area (Å²) in [5.74, 6) is 1.22. The molecule has 0 saturated heterocycles. The Labute approximate surface area is 171 Å². The lowest BCUT2D eigenvalue weighted by atomic mass is 9.85. The second kappa shape index (κ2) is 6.98. The van der Waals surface area contributed by atoms with Crippen molar-refractivity contribution in [3.05, 3.63) is 68.5 Å². The highest BCUT2D eigenvalue weighted by molar-refractivity contribution is 6.06. The van der Waals surface area contributed by atoms with E-state index in [1.165, 1.54) is 23.8 Å². The Bertz CT molecular complexity index is 1410. The zero-order chi connectivity index (χ0) is 20.8. The van der Waals surface area contributed by atoms with Gasteiger partial charge in [-0.1, -0.05) is 6.42 Å². The van der Waals surface area contributed by atoms with Crippen LogP contribution in [0.25, 0.3) is 22.1 Å². The average Bonchev–Trinajstić information content (AvgIpc) is 3.09. The number of imidazole rings is 1. The number of nitrogens with zero attached hydrogens (tertiary/aromatic N) is 2. The summed E-state index contributed by atoms with van der Waals surface area (Å²) in [5.41, 5.74) is 2.55. The van der Waals surface area contributed by atoms with Gasteiger partial charge in [-0.25, -0.2) is 4.98 Å². The van der Waals surface area contributed by atoms with E-state index in [1.54, 1.807) is 25.1 Å². The van der Waals surface area contributed by atoms with Crippen molar-refractivity contribution >= 4 is 33.7 Å². The number of nitrogens with one attached hydrogen (secondary N) is 3. The van der Waals surface area contributed by atoms with Crippen molar-refractivity contribution < 1.29 is 4.79 Å². The predicted molar refractivity (Wildman–Crippen MR) is 115 cm³/mol. The third-order valence-electron chi connectivity index (χ3n) is 5.80. The SMILES string of the molecule is CCn1c(=O)c(=O)[nH]c2cc(C(=O)Nc3ccc4nc(C5CCC5)[nH]c4c3)ccc21. The van der Waals surface area contributed by atoms with Gasteiger partial charge in [0.25, 0.3) is 5.91 Å². The molecule has 3 N–H and O–H groups in total. The average molecular weight is 403 g/mol. The molecular formula is C22H21N5O3. The minimum absolute atomic E-state index is 0.301. The molecule has 152 valence electrons. The van der Waals surface area contributed by atoms with Crippen molar-refractivity contribution in [1.82, 2.24) is 19.5 Å². The van der Waals surface area contributed by atoms with Crippen LogP contribution in [0.5, 0.6) is 0 Å². The number of hydrogen-bond acceptors (Lipinski definition) is 4. The summed E-state index contributed by atoms with van der Waals surface area (Å²) < 4.78 is 1.39. The van der Waals surface area contributed by atoms with Crippen LogP contribution in [0, 0.1) is 0 Å². The first-order valence-corrected chi connectivity index (χ1v) is 10.1. The van der Waals surface area contributed by atoms with E-state index in [9.17, 15) is 14.4 Å². The van der Waals surface area contributed by atoms with Crippen molar-refractivity contribution in [2.75, 3.05) is 5.32 Å². The molecule has 5 rings (SSSR count). The molecule has 0 radical (unpaired) electrons. The van der Waals surface area contributed by atoms with Gasteiger partial charge in [0.1, 0.15) is 5.82 Å². The first-order chi connectivity index (χ1) is 14.5. The Balaban J connectivity index is 1.44. The molecule has 2 aromatic heterocycles. The lowest BCUT2D eigenvalue weighted by Gasteiger charge is -2.22. The quantitative estimate of drug-likeness (QED) is 0.455. The van der Waals surface area contributed by atoms with E-state index in [0.717, 1.165) is 16.9 Å². The van der Waals surface area contributed by atoms with Gasteiger partial charge >= 0.3 is 11.1 Å². The number of aromatic nitrogens is 4. The van der Waals surface area contributed by atoms with Crippen LogP contribution in [0.15, 0.2) is 46.0 Å². The van der Waals surface area contributed by atoms with Gasteiger partial charge in [-0.05, 0) is 56.2 Å². The van der Waals surface area contributed by atoms with E-state index >= 15 is 0 Å². The fourth-order valence-corrected chi connectivity index (χ4v) is 3.92. The van der Waals surface area contributed by atoms with Crippen molar-refractivity contribution in [3.8, 4) is 0 Å². The van der Waals surface area contributed by atoms with Gasteiger partial charge in [-0.3, -0.25) is 14.4 Å². The third-order valence-corrected chi connectivity index (χ3v) is 5.80. The Hall–Kier alpha value is -3.68. The van der Waals surface area contributed by atoms with Crippen molar-refractivity contribution in [3.63, 3.8) is 0 Å². The van der Waals surface area contributed by atoms with E-state index in [1.807, 2.05) is 18.2 Å². The van der Waals surface area contributed by atoms with E-state index in [-0.39, 0.29) is 5.91 Å². The van der Waals surface area contributed by atoms with Crippen LogP contribution in [0.2, 0.25) is 0 Å². The van der Waals surface area contributed by atoms with Gasteiger partial charge in [0.05, 0.1) is 22.1 Å². The molecule has 8 heteroatoms. The molecule has 2 heterocycles. The van der Waals surface area contributed by atoms with Gasteiger partial charge in [0.15, 0.2) is 0 Å². The molecule has 0 spiro atoms. The number of carbonyl (C=O) groups excluding carboxylic acids is 1. The summed E-state index contributed by atoms with van der Waals surface area (Å²) in [6.07, 6.45) is 3.58. The first kappa shape index (κ1) is 18.4. The fourth-order valence-electron chi connectivity index (χ4n) is 3.92. The van der Waals surface area contributed by atoms with Crippen molar-refractivity contribution in [2.45, 2.75) is 38.6 Å². The fraction of sp³-hybridized carbons (Fsp3) is 0.273. The normalized spacial score (nSPS) is 14.2. The number of benzene rings is 2. The number of aryl methyl sites for hydroxylation is 1. The van der Waals surface area contributed by atoms with Gasteiger partial charge in [0.2, 0.25) is 0 Å². The standard InChI is InChI=1S/C22H21N5O3/c1-2-27-18-9-6-13(10-17(18)26-21(29)22(27)30)20(28)23-14-7-8-15-16(11-14)25-19(24-15)12-4-3-5-12/h6-12H,2-5H2,1H3,(H,23,28)(H,24,25)(H,26,29). The summed E-state index contributed by atoms with van der Waals surface area (Å²) in [7, 11) is 0. The van der Waals surface area contributed by atoms with Gasteiger partial charge in [-0.2, -0.15) is 0 Å². The molecule has 1 aliphatic rings. The zero-order valence-corrected chi connectivity index (χ0v) is 16.5. The molecule has 0 bridgehead atoms. The van der Waals surface area contributed by atoms with Crippen LogP contribution in [-0.2, 0) is 6.54 Å². The molecule has 0 atom stereocenters. The molecule has 1 amide bonds. The van der Waals surface area contributed by atoms with Crippen molar-refractivity contribution in [1.29, 1.82) is 0 Å². The summed E-state index contributed by atoms with van der Waals surface area (Å²) in [6.45, 7) is 2.17. The predicted octanol–water partition coefficient (Wildman–Crippen LogP) is 3.11. The van der Waals surface area contributed by atoms with E-state index in [2.05, 4.69) is 20.3 Å². The molecule has 1 aliphatic carbocycles. The van der Waals surface area contributed by atoms with Crippen LogP contribution in [0.3, 0.4) is 0 Å². The van der Waals surface area contributed by atoms with Crippen LogP contribution in [-0.4, -0.2) is 25.4 Å². The number of rotatable bonds is 4. The van der Waals surface area contributed by atoms with Crippen LogP contribution >= 0.6 is 0 Å². The van der Waals surface area contributed by atoms with Crippen molar-refractivity contribution in [2.24, 2.45) is 0 Å². The third kappa shape index (κ3) is 3.01. The Morgan fingerprint density at radius 2 is 1.97 bits per heavy atom. The summed E-state index contributed by atoms with van der Waals surface area (Å²) in [4.78, 5) is 47.2. The number of carbonyl (C=O) groups is 1. The lowest BCUT2D eigenvalue weighted by Crippen LogP contribution is -2.36. The zero-order valence-electron chi connectivity index (χ0n) is 16.5. The molecule has 2 aromatic carbocycles. The van der Waals surface area contributed by atoms with E-state index in [4.69, 9.17) is 0 Å². The maximum atomic E-state index is 12.8. The van der Waals surface area contributed by atoms with Crippen LogP contribution in [0.1, 0.15) is 48.3 Å². The number of fused-ring (bicyclic) bond motifs is 2. The monoisotopic (exact) mass is 403 g/mol. The smallest absolute Gasteiger partial charge is 0.316 e. The Morgan fingerprint density at radius 1 is 1.13 bits per heavy atom. The maximum Gasteiger partial charge on any atom is 0.316 e. The van der Waals surface area contributed by atoms with E-state index < -0.39 is 11.1 Å². The Kier molecular flexibility index (Phi) is 4.27. The second-order valence-corrected chi connectivity index (χ2v) is 7.67. The highest BCUT2D eigenvalue weighted by atomic mass is 16.2. The van der Waals surface area contributed by atoms with Gasteiger partial charge in [-0.15, -0.1) is 0 Å². The number of hydrogen-bond donors (Lipinski definition) is 3. The molecular weight excluding hydrogens is 382 g/mol. The summed E-state index contributed by atoms with van der Waals surface area (Å²) in [6, 6.07) is 10.5. The highest BCUT2D eigenvalue weighted by Crippen LogP contribution is 2.35. The molecule has 8 nitrogen and oxygen atoms in total. The minimum atomic E-state index is -0.700. The molecule has 30 heavy (non-hydrogen) atoms. The number of amides is 1. The van der Waals surface area contributed by atoms with Gasteiger partial charge < -0.3 is 19.9 Å². The van der Waals surface area contributed by atoms with E-state index in [0.29, 0.717) is 34.7 Å². The molecule has 1 fully saturated rings. The first-order valence-electron chi connectivity index (χ1n) is 10.1. The molecule has 1 saturated carbocycles. The van der Waals surface area contributed by atoms with Gasteiger partial charge in [0, 0.05) is 23.7 Å². The summed E-state index contributed by atoms with van der Waals surface area (Å²) >= 11 is 0. The summed E-state index contributed by atoms with van der Waals surface area (Å²) in [5, 5.41) is 2.89. The topological polar surface area (TPSA) is 113 Å². The maximum absolute atomic E-state index is 12.8. The number of anilines is 1. The van der Waals surface area contributed by atoms with Crippen LogP contribution in [0.4, 0.5) is 5.69 Å². The number of H-pyrrole nitrogens is 2. The lowest BCUT2D eigenvalue weighted by molar-refractivity contribution is 0.102.